The molecule has 0 radical (unpaired) electrons. The van der Waals surface area contributed by atoms with Gasteiger partial charge in [0, 0.05) is 0 Å². The summed E-state index contributed by atoms with van der Waals surface area (Å²) in [5, 5.41) is 4.97. The number of ether oxygens (including phenoxy) is 1. The number of fused-ring (bicyclic) bond motifs is 1. The van der Waals surface area contributed by atoms with Gasteiger partial charge in [-0.3, -0.25) is 4.79 Å². The van der Waals surface area contributed by atoms with Gasteiger partial charge < -0.3 is 14.2 Å². The molecular formula is C27H20N2O5S2. The third-order valence-electron chi connectivity index (χ3n) is 5.35. The number of amides is 1. The van der Waals surface area contributed by atoms with Gasteiger partial charge in [0.25, 0.3) is 5.91 Å². The maximum absolute atomic E-state index is 12.8. The van der Waals surface area contributed by atoms with Crippen molar-refractivity contribution in [2.45, 2.75) is 4.90 Å². The minimum atomic E-state index is -4.00. The quantitative estimate of drug-likeness (QED) is 0.268. The molecular weight excluding hydrogens is 496 g/mol. The normalized spacial score (nSPS) is 15.9. The van der Waals surface area contributed by atoms with Gasteiger partial charge in [0.2, 0.25) is 0 Å². The summed E-state index contributed by atoms with van der Waals surface area (Å²) >= 11 is 1.22. The van der Waals surface area contributed by atoms with Gasteiger partial charge in [-0.15, -0.1) is 0 Å². The highest BCUT2D eigenvalue weighted by Crippen LogP contribution is 2.29. The van der Waals surface area contributed by atoms with E-state index >= 15 is 0 Å². The highest BCUT2D eigenvalue weighted by molar-refractivity contribution is 8.18. The van der Waals surface area contributed by atoms with E-state index in [1.165, 1.54) is 17.8 Å². The van der Waals surface area contributed by atoms with Crippen LogP contribution in [-0.2, 0) is 14.9 Å². The van der Waals surface area contributed by atoms with Crippen molar-refractivity contribution in [1.82, 2.24) is 5.32 Å². The molecule has 0 spiro atoms. The SMILES string of the molecule is COc1ccc(N=C2NC(=O)/C(=C\c3ccc(OS(=O)(=O)c4ccc5ccccc5c4)cc3)S2)cc1. The average Bonchev–Trinajstić information content (AvgIpc) is 3.23. The van der Waals surface area contributed by atoms with Crippen LogP contribution < -0.4 is 14.2 Å². The molecule has 0 unspecified atom stereocenters. The molecule has 4 aromatic carbocycles. The first-order valence-corrected chi connectivity index (χ1v) is 13.1. The first-order chi connectivity index (χ1) is 17.4. The Balaban J connectivity index is 1.29. The second kappa shape index (κ2) is 9.88. The van der Waals surface area contributed by atoms with Crippen LogP contribution in [0.4, 0.5) is 5.69 Å². The van der Waals surface area contributed by atoms with E-state index in [-0.39, 0.29) is 16.6 Å². The van der Waals surface area contributed by atoms with Crippen molar-refractivity contribution in [3.63, 3.8) is 0 Å². The van der Waals surface area contributed by atoms with Gasteiger partial charge in [0.1, 0.15) is 16.4 Å². The van der Waals surface area contributed by atoms with E-state index in [0.717, 1.165) is 16.5 Å². The zero-order valence-electron chi connectivity index (χ0n) is 19.0. The number of aliphatic imine (C=N–C) groups is 1. The Morgan fingerprint density at radius 2 is 1.56 bits per heavy atom. The number of rotatable bonds is 6. The number of nitrogens with zero attached hydrogens (tertiary/aromatic N) is 1. The molecule has 1 fully saturated rings. The molecule has 36 heavy (non-hydrogen) atoms. The third kappa shape index (κ3) is 5.27. The van der Waals surface area contributed by atoms with Crippen LogP contribution in [0.1, 0.15) is 5.56 Å². The van der Waals surface area contributed by atoms with Crippen molar-refractivity contribution >= 4 is 55.5 Å². The van der Waals surface area contributed by atoms with E-state index in [1.54, 1.807) is 73.8 Å². The maximum Gasteiger partial charge on any atom is 0.339 e. The molecule has 7 nitrogen and oxygen atoms in total. The zero-order chi connectivity index (χ0) is 25.1. The van der Waals surface area contributed by atoms with E-state index < -0.39 is 10.1 Å². The molecule has 1 N–H and O–H groups in total. The summed E-state index contributed by atoms with van der Waals surface area (Å²) in [6.45, 7) is 0. The molecule has 5 rings (SSSR count). The lowest BCUT2D eigenvalue weighted by atomic mass is 10.1. The smallest absolute Gasteiger partial charge is 0.339 e. The lowest BCUT2D eigenvalue weighted by molar-refractivity contribution is -0.115. The van der Waals surface area contributed by atoms with Gasteiger partial charge in [0.15, 0.2) is 5.17 Å². The van der Waals surface area contributed by atoms with Gasteiger partial charge >= 0.3 is 10.1 Å². The Morgan fingerprint density at radius 3 is 2.28 bits per heavy atom. The molecule has 0 bridgehead atoms. The lowest BCUT2D eigenvalue weighted by Crippen LogP contribution is -2.19. The largest absolute Gasteiger partial charge is 0.497 e. The van der Waals surface area contributed by atoms with Crippen molar-refractivity contribution in [3.8, 4) is 11.5 Å². The van der Waals surface area contributed by atoms with Crippen LogP contribution in [0.2, 0.25) is 0 Å². The molecule has 1 amide bonds. The molecule has 4 aromatic rings. The van der Waals surface area contributed by atoms with E-state index in [2.05, 4.69) is 10.3 Å². The molecule has 180 valence electrons. The Labute approximate surface area is 212 Å². The number of amidine groups is 1. The lowest BCUT2D eigenvalue weighted by Gasteiger charge is -2.08. The summed E-state index contributed by atoms with van der Waals surface area (Å²) in [7, 11) is -2.41. The van der Waals surface area contributed by atoms with Gasteiger partial charge in [-0.1, -0.05) is 42.5 Å². The third-order valence-corrected chi connectivity index (χ3v) is 7.50. The highest BCUT2D eigenvalue weighted by atomic mass is 32.2. The Morgan fingerprint density at radius 1 is 0.861 bits per heavy atom. The van der Waals surface area contributed by atoms with E-state index in [0.29, 0.717) is 21.3 Å². The maximum atomic E-state index is 12.8. The minimum absolute atomic E-state index is 0.0788. The van der Waals surface area contributed by atoms with Crippen molar-refractivity contribution in [1.29, 1.82) is 0 Å². The van der Waals surface area contributed by atoms with Crippen molar-refractivity contribution in [2.75, 3.05) is 7.11 Å². The number of benzene rings is 4. The summed E-state index contributed by atoms with van der Waals surface area (Å²) in [4.78, 5) is 17.4. The second-order valence-corrected chi connectivity index (χ2v) is 10.4. The second-order valence-electron chi connectivity index (χ2n) is 7.80. The fourth-order valence-electron chi connectivity index (χ4n) is 3.52. The van der Waals surface area contributed by atoms with Crippen LogP contribution in [0, 0.1) is 0 Å². The van der Waals surface area contributed by atoms with Gasteiger partial charge in [-0.25, -0.2) is 4.99 Å². The van der Waals surface area contributed by atoms with Crippen LogP contribution in [0.3, 0.4) is 0 Å². The van der Waals surface area contributed by atoms with Crippen molar-refractivity contribution in [3.05, 3.63) is 101 Å². The molecule has 1 heterocycles. The molecule has 1 aliphatic rings. The molecule has 1 saturated heterocycles. The van der Waals surface area contributed by atoms with Crippen molar-refractivity contribution in [2.24, 2.45) is 4.99 Å². The van der Waals surface area contributed by atoms with E-state index in [1.807, 2.05) is 24.3 Å². The van der Waals surface area contributed by atoms with Crippen LogP contribution >= 0.6 is 11.8 Å². The standard InChI is InChI=1S/C27H20N2O5S2/c1-33-22-13-9-21(10-14-22)28-27-29-26(30)25(35-27)16-18-6-11-23(12-7-18)34-36(31,32)24-15-8-19-4-2-3-5-20(19)17-24/h2-17H,1H3,(H,28,29,30)/b25-16+. The number of hydrogen-bond donors (Lipinski definition) is 1. The number of methoxy groups -OCH3 is 1. The average molecular weight is 517 g/mol. The van der Waals surface area contributed by atoms with E-state index in [4.69, 9.17) is 8.92 Å². The summed E-state index contributed by atoms with van der Waals surface area (Å²) in [5.41, 5.74) is 1.41. The minimum Gasteiger partial charge on any atom is -0.497 e. The molecule has 0 aliphatic carbocycles. The van der Waals surface area contributed by atoms with Crippen LogP contribution in [-0.4, -0.2) is 26.6 Å². The summed E-state index contributed by atoms with van der Waals surface area (Å²) in [6.07, 6.45) is 1.71. The van der Waals surface area contributed by atoms with Gasteiger partial charge in [0.05, 0.1) is 17.7 Å². The molecule has 1 aliphatic heterocycles. The highest BCUT2D eigenvalue weighted by Gasteiger charge is 2.24. The zero-order valence-corrected chi connectivity index (χ0v) is 20.7. The summed E-state index contributed by atoms with van der Waals surface area (Å²) in [6, 6.07) is 26.0. The molecule has 0 aromatic heterocycles. The molecule has 9 heteroatoms. The fraction of sp³-hybridized carbons (Fsp3) is 0.0370. The first kappa shape index (κ1) is 23.7. The van der Waals surface area contributed by atoms with Crippen LogP contribution in [0.5, 0.6) is 11.5 Å². The summed E-state index contributed by atoms with van der Waals surface area (Å²) in [5.74, 6) is 0.641. The van der Waals surface area contributed by atoms with Crippen LogP contribution in [0.25, 0.3) is 16.8 Å². The number of carbonyl (C=O) groups excluding carboxylic acids is 1. The van der Waals surface area contributed by atoms with Gasteiger partial charge in [-0.2, -0.15) is 8.42 Å². The van der Waals surface area contributed by atoms with E-state index in [9.17, 15) is 13.2 Å². The Kier molecular flexibility index (Phi) is 6.49. The Hall–Kier alpha value is -4.08. The monoisotopic (exact) mass is 516 g/mol. The number of nitrogens with one attached hydrogen (secondary N) is 1. The number of carbonyl (C=O) groups is 1. The van der Waals surface area contributed by atoms with Crippen LogP contribution in [0.15, 0.2) is 106 Å². The van der Waals surface area contributed by atoms with Crippen molar-refractivity contribution < 1.29 is 22.1 Å². The predicted octanol–water partition coefficient (Wildman–Crippen LogP) is 5.51. The molecule has 0 saturated carbocycles. The molecule has 0 atom stereocenters. The predicted molar refractivity (Wildman–Crippen MR) is 142 cm³/mol. The Bertz CT molecular complexity index is 1610. The summed E-state index contributed by atoms with van der Waals surface area (Å²) < 4.78 is 36.0. The first-order valence-electron chi connectivity index (χ1n) is 10.9. The fourth-order valence-corrected chi connectivity index (χ4v) is 5.33. The topological polar surface area (TPSA) is 94.1 Å². The van der Waals surface area contributed by atoms with Gasteiger partial charge in [-0.05, 0) is 82.7 Å². The number of hydrogen-bond acceptors (Lipinski definition) is 7. The number of thioether (sulfide) groups is 1.